The summed E-state index contributed by atoms with van der Waals surface area (Å²) in [6.07, 6.45) is 3.06. The number of nitrogens with two attached hydrogens (primary N) is 1. The van der Waals surface area contributed by atoms with Gasteiger partial charge in [0.05, 0.1) is 18.7 Å². The van der Waals surface area contributed by atoms with Crippen LogP contribution >= 0.6 is 15.9 Å². The molecule has 1 rings (SSSR count). The second-order valence-electron chi connectivity index (χ2n) is 3.52. The van der Waals surface area contributed by atoms with Crippen molar-refractivity contribution in [2.75, 3.05) is 20.8 Å². The van der Waals surface area contributed by atoms with E-state index in [1.54, 1.807) is 14.2 Å². The van der Waals surface area contributed by atoms with Crippen molar-refractivity contribution in [1.82, 2.24) is 0 Å². The summed E-state index contributed by atoms with van der Waals surface area (Å²) in [5, 5.41) is 0. The topological polar surface area (TPSA) is 44.5 Å². The van der Waals surface area contributed by atoms with Crippen LogP contribution in [0.3, 0.4) is 0 Å². The summed E-state index contributed by atoms with van der Waals surface area (Å²) in [4.78, 5) is 0. The van der Waals surface area contributed by atoms with E-state index in [2.05, 4.69) is 22.0 Å². The standard InChI is InChI=1S/C12H18BrNO2/c1-15-11-9(5-3-4-8-14)6-7-10(13)12(11)16-2/h6-7H,3-5,8,14H2,1-2H3. The predicted molar refractivity (Wildman–Crippen MR) is 69.2 cm³/mol. The molecular weight excluding hydrogens is 270 g/mol. The number of unbranched alkanes of at least 4 members (excludes halogenated alkanes) is 1. The molecule has 0 saturated carbocycles. The first-order valence-corrected chi connectivity index (χ1v) is 6.13. The number of benzene rings is 1. The van der Waals surface area contributed by atoms with Gasteiger partial charge in [0.15, 0.2) is 11.5 Å². The van der Waals surface area contributed by atoms with Crippen LogP contribution in [-0.2, 0) is 6.42 Å². The summed E-state index contributed by atoms with van der Waals surface area (Å²) in [6, 6.07) is 4.04. The quantitative estimate of drug-likeness (QED) is 0.819. The van der Waals surface area contributed by atoms with Gasteiger partial charge in [-0.3, -0.25) is 0 Å². The number of hydrogen-bond acceptors (Lipinski definition) is 3. The van der Waals surface area contributed by atoms with Crippen molar-refractivity contribution < 1.29 is 9.47 Å². The molecule has 0 unspecified atom stereocenters. The number of aryl methyl sites for hydroxylation is 1. The first-order chi connectivity index (χ1) is 7.74. The van der Waals surface area contributed by atoms with Crippen LogP contribution in [0.2, 0.25) is 0 Å². The summed E-state index contributed by atoms with van der Waals surface area (Å²) in [6.45, 7) is 0.732. The van der Waals surface area contributed by atoms with Gasteiger partial charge in [-0.1, -0.05) is 6.07 Å². The fourth-order valence-corrected chi connectivity index (χ4v) is 2.12. The van der Waals surface area contributed by atoms with Crippen molar-refractivity contribution in [2.24, 2.45) is 5.73 Å². The minimum atomic E-state index is 0.732. The third-order valence-electron chi connectivity index (χ3n) is 2.45. The average Bonchev–Trinajstić information content (AvgIpc) is 2.30. The second-order valence-corrected chi connectivity index (χ2v) is 4.37. The van der Waals surface area contributed by atoms with Gasteiger partial charge in [-0.05, 0) is 53.4 Å². The summed E-state index contributed by atoms with van der Waals surface area (Å²) in [5.74, 6) is 1.57. The largest absolute Gasteiger partial charge is 0.493 e. The summed E-state index contributed by atoms with van der Waals surface area (Å²) in [7, 11) is 3.31. The number of rotatable bonds is 6. The summed E-state index contributed by atoms with van der Waals surface area (Å²) in [5.41, 5.74) is 6.64. The van der Waals surface area contributed by atoms with Gasteiger partial charge in [0.1, 0.15) is 0 Å². The highest BCUT2D eigenvalue weighted by atomic mass is 79.9. The molecule has 0 atom stereocenters. The molecule has 3 nitrogen and oxygen atoms in total. The third-order valence-corrected chi connectivity index (χ3v) is 3.08. The maximum absolute atomic E-state index is 5.48. The van der Waals surface area contributed by atoms with E-state index in [9.17, 15) is 0 Å². The molecule has 0 radical (unpaired) electrons. The Labute approximate surface area is 105 Å². The Hall–Kier alpha value is -0.740. The summed E-state index contributed by atoms with van der Waals surface area (Å²) >= 11 is 3.44. The minimum Gasteiger partial charge on any atom is -0.493 e. The Kier molecular flexibility index (Phi) is 5.63. The smallest absolute Gasteiger partial charge is 0.175 e. The lowest BCUT2D eigenvalue weighted by atomic mass is 10.1. The van der Waals surface area contributed by atoms with E-state index >= 15 is 0 Å². The van der Waals surface area contributed by atoms with Crippen molar-refractivity contribution in [1.29, 1.82) is 0 Å². The molecule has 0 heterocycles. The molecule has 0 aliphatic rings. The van der Waals surface area contributed by atoms with Crippen molar-refractivity contribution in [3.05, 3.63) is 22.2 Å². The van der Waals surface area contributed by atoms with Gasteiger partial charge in [0.2, 0.25) is 0 Å². The number of ether oxygens (including phenoxy) is 2. The zero-order valence-corrected chi connectivity index (χ0v) is 11.3. The van der Waals surface area contributed by atoms with E-state index in [0.29, 0.717) is 0 Å². The lowest BCUT2D eigenvalue weighted by Gasteiger charge is -2.14. The zero-order valence-electron chi connectivity index (χ0n) is 9.75. The maximum atomic E-state index is 5.48. The van der Waals surface area contributed by atoms with Gasteiger partial charge in [-0.15, -0.1) is 0 Å². The van der Waals surface area contributed by atoms with Crippen molar-refractivity contribution in [3.8, 4) is 11.5 Å². The van der Waals surface area contributed by atoms with E-state index in [0.717, 1.165) is 47.3 Å². The molecule has 0 amide bonds. The van der Waals surface area contributed by atoms with Gasteiger partial charge in [-0.2, -0.15) is 0 Å². The predicted octanol–water partition coefficient (Wildman–Crippen LogP) is 2.75. The molecule has 0 aliphatic carbocycles. The van der Waals surface area contributed by atoms with Gasteiger partial charge in [-0.25, -0.2) is 0 Å². The van der Waals surface area contributed by atoms with E-state index in [-0.39, 0.29) is 0 Å². The molecule has 0 aromatic heterocycles. The van der Waals surface area contributed by atoms with E-state index in [1.165, 1.54) is 0 Å². The maximum Gasteiger partial charge on any atom is 0.175 e. The van der Waals surface area contributed by atoms with Crippen LogP contribution in [0, 0.1) is 0 Å². The lowest BCUT2D eigenvalue weighted by Crippen LogP contribution is -2.01. The molecule has 16 heavy (non-hydrogen) atoms. The molecule has 0 aliphatic heterocycles. The lowest BCUT2D eigenvalue weighted by molar-refractivity contribution is 0.349. The first-order valence-electron chi connectivity index (χ1n) is 5.34. The van der Waals surface area contributed by atoms with Gasteiger partial charge < -0.3 is 15.2 Å². The molecule has 1 aromatic carbocycles. The van der Waals surface area contributed by atoms with Crippen LogP contribution in [0.4, 0.5) is 0 Å². The Morgan fingerprint density at radius 2 is 1.81 bits per heavy atom. The highest BCUT2D eigenvalue weighted by molar-refractivity contribution is 9.10. The number of halogens is 1. The SMILES string of the molecule is COc1c(Br)ccc(CCCCN)c1OC. The molecule has 4 heteroatoms. The summed E-state index contributed by atoms with van der Waals surface area (Å²) < 4.78 is 11.6. The van der Waals surface area contributed by atoms with Crippen LogP contribution in [0.25, 0.3) is 0 Å². The molecule has 2 N–H and O–H groups in total. The highest BCUT2D eigenvalue weighted by Crippen LogP contribution is 2.38. The van der Waals surface area contributed by atoms with Crippen LogP contribution in [0.5, 0.6) is 11.5 Å². The Morgan fingerprint density at radius 1 is 1.12 bits per heavy atom. The van der Waals surface area contributed by atoms with Gasteiger partial charge in [0.25, 0.3) is 0 Å². The average molecular weight is 288 g/mol. The monoisotopic (exact) mass is 287 g/mol. The Balaban J connectivity index is 2.91. The molecular formula is C12H18BrNO2. The second kappa shape index (κ2) is 6.76. The van der Waals surface area contributed by atoms with Crippen molar-refractivity contribution in [2.45, 2.75) is 19.3 Å². The highest BCUT2D eigenvalue weighted by Gasteiger charge is 2.12. The van der Waals surface area contributed by atoms with Crippen molar-refractivity contribution >= 4 is 15.9 Å². The number of methoxy groups -OCH3 is 2. The van der Waals surface area contributed by atoms with Gasteiger partial charge >= 0.3 is 0 Å². The van der Waals surface area contributed by atoms with E-state index in [1.807, 2.05) is 6.07 Å². The molecule has 0 saturated heterocycles. The Bertz CT molecular complexity index is 342. The van der Waals surface area contributed by atoms with E-state index in [4.69, 9.17) is 15.2 Å². The van der Waals surface area contributed by atoms with Crippen LogP contribution in [0.15, 0.2) is 16.6 Å². The fourth-order valence-electron chi connectivity index (χ4n) is 1.65. The van der Waals surface area contributed by atoms with Crippen molar-refractivity contribution in [3.63, 3.8) is 0 Å². The molecule has 0 spiro atoms. The third kappa shape index (κ3) is 3.12. The molecule has 0 bridgehead atoms. The zero-order chi connectivity index (χ0) is 12.0. The fraction of sp³-hybridized carbons (Fsp3) is 0.500. The first kappa shape index (κ1) is 13.3. The molecule has 0 fully saturated rings. The van der Waals surface area contributed by atoms with Gasteiger partial charge in [0, 0.05) is 0 Å². The van der Waals surface area contributed by atoms with Crippen LogP contribution < -0.4 is 15.2 Å². The van der Waals surface area contributed by atoms with E-state index < -0.39 is 0 Å². The molecule has 90 valence electrons. The molecule has 1 aromatic rings. The van der Waals surface area contributed by atoms with Crippen LogP contribution in [0.1, 0.15) is 18.4 Å². The Morgan fingerprint density at radius 3 is 2.38 bits per heavy atom. The van der Waals surface area contributed by atoms with Crippen LogP contribution in [-0.4, -0.2) is 20.8 Å². The minimum absolute atomic E-state index is 0.732. The normalized spacial score (nSPS) is 10.2. The number of hydrogen-bond donors (Lipinski definition) is 1.